The van der Waals surface area contributed by atoms with Gasteiger partial charge in [0.25, 0.3) is 0 Å². The van der Waals surface area contributed by atoms with Gasteiger partial charge in [0.15, 0.2) is 5.16 Å². The summed E-state index contributed by atoms with van der Waals surface area (Å²) in [7, 11) is 0. The molecule has 3 aromatic rings. The van der Waals surface area contributed by atoms with Crippen molar-refractivity contribution < 1.29 is 4.79 Å². The zero-order valence-electron chi connectivity index (χ0n) is 12.9. The normalized spacial score (nSPS) is 10.6. The predicted molar refractivity (Wildman–Crippen MR) is 99.6 cm³/mol. The quantitative estimate of drug-likeness (QED) is 0.653. The van der Waals surface area contributed by atoms with Crippen molar-refractivity contribution in [3.05, 3.63) is 64.9 Å². The Hall–Kier alpha value is -2.12. The molecule has 0 radical (unpaired) electrons. The Kier molecular flexibility index (Phi) is 5.32. The Labute approximate surface area is 152 Å². The van der Waals surface area contributed by atoms with Crippen LogP contribution in [0.4, 0.5) is 5.69 Å². The van der Waals surface area contributed by atoms with Crippen molar-refractivity contribution in [2.24, 2.45) is 0 Å². The van der Waals surface area contributed by atoms with Crippen LogP contribution in [0.3, 0.4) is 0 Å². The molecule has 1 N–H and O–H groups in total. The average Bonchev–Trinajstić information content (AvgIpc) is 3.04. The molecule has 7 heteroatoms. The summed E-state index contributed by atoms with van der Waals surface area (Å²) >= 11 is 4.73. The lowest BCUT2D eigenvalue weighted by Gasteiger charge is -2.09. The van der Waals surface area contributed by atoms with Gasteiger partial charge in [-0.3, -0.25) is 9.36 Å². The Morgan fingerprint density at radius 1 is 1.21 bits per heavy atom. The molecule has 122 valence electrons. The van der Waals surface area contributed by atoms with Gasteiger partial charge in [0, 0.05) is 10.2 Å². The van der Waals surface area contributed by atoms with Crippen molar-refractivity contribution in [3.8, 4) is 5.69 Å². The summed E-state index contributed by atoms with van der Waals surface area (Å²) in [6.45, 7) is 2.03. The molecule has 0 saturated carbocycles. The molecular weight excluding hydrogens is 388 g/mol. The lowest BCUT2D eigenvalue weighted by molar-refractivity contribution is -0.113. The van der Waals surface area contributed by atoms with Crippen LogP contribution in [0.5, 0.6) is 0 Å². The number of aryl methyl sites for hydroxylation is 1. The topological polar surface area (TPSA) is 59.8 Å². The van der Waals surface area contributed by atoms with Gasteiger partial charge in [-0.15, -0.1) is 10.2 Å². The SMILES string of the molecule is Cc1ccccc1-n1cnnc1SCC(=O)Nc1ccc(Br)cc1. The first-order valence-corrected chi connectivity index (χ1v) is 9.05. The van der Waals surface area contributed by atoms with Crippen molar-refractivity contribution in [1.29, 1.82) is 0 Å². The zero-order chi connectivity index (χ0) is 16.9. The van der Waals surface area contributed by atoms with Crippen LogP contribution in [0.2, 0.25) is 0 Å². The molecule has 0 saturated heterocycles. The fraction of sp³-hybridized carbons (Fsp3) is 0.118. The number of amides is 1. The van der Waals surface area contributed by atoms with E-state index in [-0.39, 0.29) is 11.7 Å². The molecular formula is C17H15BrN4OS. The highest BCUT2D eigenvalue weighted by Crippen LogP contribution is 2.22. The number of carbonyl (C=O) groups excluding carboxylic acids is 1. The van der Waals surface area contributed by atoms with Gasteiger partial charge in [-0.1, -0.05) is 45.9 Å². The van der Waals surface area contributed by atoms with Crippen molar-refractivity contribution in [2.45, 2.75) is 12.1 Å². The number of rotatable bonds is 5. The van der Waals surface area contributed by atoms with Gasteiger partial charge >= 0.3 is 0 Å². The number of halogens is 1. The van der Waals surface area contributed by atoms with Gasteiger partial charge in [-0.2, -0.15) is 0 Å². The van der Waals surface area contributed by atoms with Crippen LogP contribution >= 0.6 is 27.7 Å². The van der Waals surface area contributed by atoms with Crippen molar-refractivity contribution in [3.63, 3.8) is 0 Å². The number of para-hydroxylation sites is 1. The molecule has 1 aromatic heterocycles. The molecule has 3 rings (SSSR count). The monoisotopic (exact) mass is 402 g/mol. The smallest absolute Gasteiger partial charge is 0.234 e. The van der Waals surface area contributed by atoms with Crippen LogP contribution in [-0.2, 0) is 4.79 Å². The fourth-order valence-corrected chi connectivity index (χ4v) is 3.17. The first-order chi connectivity index (χ1) is 11.6. The Morgan fingerprint density at radius 2 is 1.96 bits per heavy atom. The maximum absolute atomic E-state index is 12.1. The maximum atomic E-state index is 12.1. The highest BCUT2D eigenvalue weighted by atomic mass is 79.9. The minimum atomic E-state index is -0.0818. The van der Waals surface area contributed by atoms with Crippen LogP contribution in [0.15, 0.2) is 64.5 Å². The highest BCUT2D eigenvalue weighted by Gasteiger charge is 2.11. The van der Waals surface area contributed by atoms with Crippen molar-refractivity contribution >= 4 is 39.3 Å². The van der Waals surface area contributed by atoms with E-state index in [1.807, 2.05) is 60.0 Å². The first-order valence-electron chi connectivity index (χ1n) is 7.28. The summed E-state index contributed by atoms with van der Waals surface area (Å²) in [5.41, 5.74) is 2.90. The summed E-state index contributed by atoms with van der Waals surface area (Å²) in [5.74, 6) is 0.183. The van der Waals surface area contributed by atoms with E-state index < -0.39 is 0 Å². The second-order valence-electron chi connectivity index (χ2n) is 5.11. The van der Waals surface area contributed by atoms with Crippen LogP contribution in [0, 0.1) is 6.92 Å². The fourth-order valence-electron chi connectivity index (χ4n) is 2.18. The summed E-state index contributed by atoms with van der Waals surface area (Å²) < 4.78 is 2.87. The summed E-state index contributed by atoms with van der Waals surface area (Å²) in [6.07, 6.45) is 1.66. The number of anilines is 1. The minimum Gasteiger partial charge on any atom is -0.325 e. The van der Waals surface area contributed by atoms with Gasteiger partial charge < -0.3 is 5.32 Å². The molecule has 0 unspecified atom stereocenters. The third kappa shape index (κ3) is 4.04. The lowest BCUT2D eigenvalue weighted by Crippen LogP contribution is -2.14. The molecule has 0 aliphatic carbocycles. The van der Waals surface area contributed by atoms with E-state index in [1.54, 1.807) is 6.33 Å². The van der Waals surface area contributed by atoms with Gasteiger partial charge in [-0.05, 0) is 42.8 Å². The average molecular weight is 403 g/mol. The predicted octanol–water partition coefficient (Wildman–Crippen LogP) is 4.07. The molecule has 0 aliphatic rings. The number of aromatic nitrogens is 3. The lowest BCUT2D eigenvalue weighted by atomic mass is 10.2. The number of benzene rings is 2. The molecule has 0 fully saturated rings. The molecule has 0 bridgehead atoms. The van der Waals surface area contributed by atoms with E-state index >= 15 is 0 Å². The van der Waals surface area contributed by atoms with Gasteiger partial charge in [0.2, 0.25) is 5.91 Å². The molecule has 5 nitrogen and oxygen atoms in total. The molecule has 0 aliphatic heterocycles. The number of hydrogen-bond donors (Lipinski definition) is 1. The van der Waals surface area contributed by atoms with Crippen molar-refractivity contribution in [1.82, 2.24) is 14.8 Å². The van der Waals surface area contributed by atoms with Gasteiger partial charge in [-0.25, -0.2) is 0 Å². The van der Waals surface area contributed by atoms with E-state index in [9.17, 15) is 4.79 Å². The Balaban J connectivity index is 1.65. The molecule has 1 heterocycles. The van der Waals surface area contributed by atoms with Crippen LogP contribution in [0.1, 0.15) is 5.56 Å². The third-order valence-electron chi connectivity index (χ3n) is 3.35. The van der Waals surface area contributed by atoms with E-state index in [4.69, 9.17) is 0 Å². The standard InChI is InChI=1S/C17H15BrN4OS/c1-12-4-2-3-5-15(12)22-11-19-21-17(22)24-10-16(23)20-14-8-6-13(18)7-9-14/h2-9,11H,10H2,1H3,(H,20,23). The van der Waals surface area contributed by atoms with E-state index in [2.05, 4.69) is 31.4 Å². The Bertz CT molecular complexity index is 848. The molecule has 0 spiro atoms. The number of thioether (sulfide) groups is 1. The zero-order valence-corrected chi connectivity index (χ0v) is 15.3. The van der Waals surface area contributed by atoms with Crippen molar-refractivity contribution in [2.75, 3.05) is 11.1 Å². The summed E-state index contributed by atoms with van der Waals surface area (Å²) in [4.78, 5) is 12.1. The third-order valence-corrected chi connectivity index (χ3v) is 4.82. The second kappa shape index (κ2) is 7.63. The van der Waals surface area contributed by atoms with Crippen LogP contribution in [-0.4, -0.2) is 26.4 Å². The minimum absolute atomic E-state index is 0.0818. The number of hydrogen-bond acceptors (Lipinski definition) is 4. The summed E-state index contributed by atoms with van der Waals surface area (Å²) in [6, 6.07) is 15.5. The maximum Gasteiger partial charge on any atom is 0.234 e. The molecule has 1 amide bonds. The van der Waals surface area contributed by atoms with Crippen LogP contribution < -0.4 is 5.32 Å². The number of carbonyl (C=O) groups is 1. The Morgan fingerprint density at radius 3 is 2.71 bits per heavy atom. The van der Waals surface area contributed by atoms with Crippen LogP contribution in [0.25, 0.3) is 5.69 Å². The highest BCUT2D eigenvalue weighted by molar-refractivity contribution is 9.10. The number of nitrogens with one attached hydrogen (secondary N) is 1. The van der Waals surface area contributed by atoms with E-state index in [0.29, 0.717) is 5.16 Å². The van der Waals surface area contributed by atoms with E-state index in [1.165, 1.54) is 11.8 Å². The first kappa shape index (κ1) is 16.7. The van der Waals surface area contributed by atoms with Gasteiger partial charge in [0.05, 0.1) is 11.4 Å². The molecule has 0 atom stereocenters. The largest absolute Gasteiger partial charge is 0.325 e. The van der Waals surface area contributed by atoms with E-state index in [0.717, 1.165) is 21.4 Å². The summed E-state index contributed by atoms with van der Waals surface area (Å²) in [5, 5.41) is 11.6. The molecule has 2 aromatic carbocycles. The second-order valence-corrected chi connectivity index (χ2v) is 6.97. The molecule has 24 heavy (non-hydrogen) atoms. The number of nitrogens with zero attached hydrogens (tertiary/aromatic N) is 3. The van der Waals surface area contributed by atoms with Gasteiger partial charge in [0.1, 0.15) is 6.33 Å².